The fourth-order valence-electron chi connectivity index (χ4n) is 2.85. The molecule has 1 aliphatic heterocycles. The average Bonchev–Trinajstić information content (AvgIpc) is 3.26. The molecule has 0 aliphatic carbocycles. The third kappa shape index (κ3) is 21.6. The topological polar surface area (TPSA) is 147 Å². The van der Waals surface area contributed by atoms with Crippen LogP contribution >= 0.6 is 0 Å². The highest BCUT2D eigenvalue weighted by Crippen LogP contribution is 2.12. The van der Waals surface area contributed by atoms with Crippen LogP contribution < -0.4 is 0 Å². The summed E-state index contributed by atoms with van der Waals surface area (Å²) in [6.07, 6.45) is 5.12. The molecule has 14 heteroatoms. The molecule has 14 nitrogen and oxygen atoms in total. The zero-order valence-electron chi connectivity index (χ0n) is 23.2. The van der Waals surface area contributed by atoms with E-state index >= 15 is 0 Å². The minimum atomic E-state index is -0.698. The van der Waals surface area contributed by atoms with Crippen LogP contribution in [0.4, 0.5) is 0 Å². The number of nitrogens with zero attached hydrogens (tertiary/aromatic N) is 1. The number of ether oxygens (including phenoxy) is 9. The molecule has 0 aromatic rings. The number of hydroxylamine groups is 2. The zero-order valence-corrected chi connectivity index (χ0v) is 23.2. The van der Waals surface area contributed by atoms with Crippen molar-refractivity contribution in [3.05, 3.63) is 0 Å². The van der Waals surface area contributed by atoms with Crippen molar-refractivity contribution in [2.45, 2.75) is 19.3 Å². The molecule has 0 N–H and O–H groups in total. The molecular weight excluding hydrogens is 534 g/mol. The van der Waals surface area contributed by atoms with Gasteiger partial charge in [0.1, 0.15) is 6.61 Å². The molecule has 0 atom stereocenters. The van der Waals surface area contributed by atoms with Crippen LogP contribution in [-0.2, 0) is 61.9 Å². The smallest absolute Gasteiger partial charge is 0.335 e. The molecule has 1 saturated heterocycles. The number of rotatable bonds is 29. The van der Waals surface area contributed by atoms with Gasteiger partial charge in [0.25, 0.3) is 11.8 Å². The zero-order chi connectivity index (χ0) is 28.9. The first-order chi connectivity index (χ1) is 19.6. The third-order valence-electron chi connectivity index (χ3n) is 4.81. The molecule has 1 aliphatic rings. The number of hydrogen-bond donors (Lipinski definition) is 0. The second-order valence-corrected chi connectivity index (χ2v) is 7.95. The summed E-state index contributed by atoms with van der Waals surface area (Å²) in [7, 11) is 0. The number of carbonyl (C=O) groups excluding carboxylic acids is 3. The van der Waals surface area contributed by atoms with Gasteiger partial charge in [0.05, 0.1) is 119 Å². The Morgan fingerprint density at radius 3 is 1.18 bits per heavy atom. The molecule has 0 radical (unpaired) electrons. The van der Waals surface area contributed by atoms with Gasteiger partial charge in [-0.25, -0.2) is 4.79 Å². The van der Waals surface area contributed by atoms with Gasteiger partial charge in [0.2, 0.25) is 0 Å². The molecule has 1 rings (SSSR count). The lowest BCUT2D eigenvalue weighted by atomic mass is 10.4. The summed E-state index contributed by atoms with van der Waals surface area (Å²) in [6, 6.07) is 0. The molecule has 0 saturated carbocycles. The molecule has 2 amide bonds. The van der Waals surface area contributed by atoms with Crippen molar-refractivity contribution in [2.75, 3.05) is 119 Å². The Morgan fingerprint density at radius 1 is 0.550 bits per heavy atom. The fourth-order valence-corrected chi connectivity index (χ4v) is 2.85. The maximum Gasteiger partial charge on any atom is 0.335 e. The van der Waals surface area contributed by atoms with E-state index in [1.165, 1.54) is 0 Å². The SMILES string of the molecule is C#CCOCCOCCOCCOCCOCCOCCOCCOCCOCCC(=O)ON1C(=O)CCC1=O. The van der Waals surface area contributed by atoms with Crippen molar-refractivity contribution in [3.8, 4) is 12.3 Å². The molecular formula is C26H43NO13. The molecule has 0 unspecified atom stereocenters. The minimum Gasteiger partial charge on any atom is -0.378 e. The number of carbonyl (C=O) groups is 3. The quantitative estimate of drug-likeness (QED) is 0.0655. The van der Waals surface area contributed by atoms with Crippen LogP contribution in [0.15, 0.2) is 0 Å². The van der Waals surface area contributed by atoms with Crippen LogP contribution in [0.25, 0.3) is 0 Å². The molecule has 0 spiro atoms. The number of terminal acetylenes is 1. The van der Waals surface area contributed by atoms with E-state index in [0.29, 0.717) is 111 Å². The van der Waals surface area contributed by atoms with Gasteiger partial charge < -0.3 is 47.5 Å². The predicted molar refractivity (Wildman–Crippen MR) is 138 cm³/mol. The van der Waals surface area contributed by atoms with Crippen LogP contribution in [0.3, 0.4) is 0 Å². The van der Waals surface area contributed by atoms with E-state index in [9.17, 15) is 14.4 Å². The van der Waals surface area contributed by atoms with Crippen LogP contribution in [0, 0.1) is 12.3 Å². The first kappa shape index (κ1) is 35.8. The predicted octanol–water partition coefficient (Wildman–Crippen LogP) is -0.234. The van der Waals surface area contributed by atoms with Gasteiger partial charge in [-0.15, -0.1) is 11.5 Å². The lowest BCUT2D eigenvalue weighted by Crippen LogP contribution is -2.32. The lowest BCUT2D eigenvalue weighted by Gasteiger charge is -2.12. The van der Waals surface area contributed by atoms with Crippen molar-refractivity contribution in [2.24, 2.45) is 0 Å². The van der Waals surface area contributed by atoms with E-state index in [-0.39, 0.29) is 32.5 Å². The van der Waals surface area contributed by atoms with Crippen molar-refractivity contribution < 1.29 is 61.9 Å². The van der Waals surface area contributed by atoms with Gasteiger partial charge in [-0.3, -0.25) is 9.59 Å². The molecule has 230 valence electrons. The number of amides is 2. The largest absolute Gasteiger partial charge is 0.378 e. The van der Waals surface area contributed by atoms with E-state index in [0.717, 1.165) is 0 Å². The first-order valence-corrected chi connectivity index (χ1v) is 13.3. The lowest BCUT2D eigenvalue weighted by molar-refractivity contribution is -0.198. The van der Waals surface area contributed by atoms with Crippen LogP contribution in [0.2, 0.25) is 0 Å². The summed E-state index contributed by atoms with van der Waals surface area (Å²) in [6.45, 7) is 7.57. The normalized spacial score (nSPS) is 13.2. The maximum atomic E-state index is 11.6. The van der Waals surface area contributed by atoms with Gasteiger partial charge >= 0.3 is 5.97 Å². The third-order valence-corrected chi connectivity index (χ3v) is 4.81. The van der Waals surface area contributed by atoms with E-state index in [1.807, 2.05) is 0 Å². The van der Waals surface area contributed by atoms with Gasteiger partial charge in [0.15, 0.2) is 0 Å². The van der Waals surface area contributed by atoms with Crippen LogP contribution in [-0.4, -0.2) is 142 Å². The molecule has 1 fully saturated rings. The van der Waals surface area contributed by atoms with Crippen LogP contribution in [0.1, 0.15) is 19.3 Å². The van der Waals surface area contributed by atoms with Crippen molar-refractivity contribution in [1.29, 1.82) is 0 Å². The Labute approximate surface area is 235 Å². The minimum absolute atomic E-state index is 0.0611. The Bertz CT molecular complexity index is 685. The maximum absolute atomic E-state index is 11.6. The molecule has 0 aromatic heterocycles. The van der Waals surface area contributed by atoms with E-state index in [1.54, 1.807) is 0 Å². The average molecular weight is 578 g/mol. The highest BCUT2D eigenvalue weighted by molar-refractivity contribution is 6.01. The van der Waals surface area contributed by atoms with Gasteiger partial charge in [-0.05, 0) is 0 Å². The second-order valence-electron chi connectivity index (χ2n) is 7.95. The number of imide groups is 1. The van der Waals surface area contributed by atoms with Crippen molar-refractivity contribution in [1.82, 2.24) is 5.06 Å². The summed E-state index contributed by atoms with van der Waals surface area (Å²) in [4.78, 5) is 39.1. The van der Waals surface area contributed by atoms with E-state index in [4.69, 9.17) is 53.9 Å². The first-order valence-electron chi connectivity index (χ1n) is 13.3. The van der Waals surface area contributed by atoms with Crippen molar-refractivity contribution in [3.63, 3.8) is 0 Å². The fraction of sp³-hybridized carbons (Fsp3) is 0.808. The Hall–Kier alpha value is -2.19. The standard InChI is InChI=1S/C26H43NO13/c1-2-6-31-8-10-33-12-14-35-16-18-37-20-22-39-23-21-38-19-17-36-15-13-34-11-9-32-7-5-26(30)40-27-24(28)3-4-25(27)29/h1H,3-23H2. The van der Waals surface area contributed by atoms with Crippen molar-refractivity contribution >= 4 is 17.8 Å². The summed E-state index contributed by atoms with van der Waals surface area (Å²) in [5.41, 5.74) is 0. The monoisotopic (exact) mass is 577 g/mol. The number of hydrogen-bond acceptors (Lipinski definition) is 13. The summed E-state index contributed by atoms with van der Waals surface area (Å²) in [5.74, 6) is 0.669. The molecule has 1 heterocycles. The van der Waals surface area contributed by atoms with E-state index < -0.39 is 17.8 Å². The summed E-state index contributed by atoms with van der Waals surface area (Å²) in [5, 5.41) is 0.518. The van der Waals surface area contributed by atoms with Gasteiger partial charge in [0, 0.05) is 12.8 Å². The summed E-state index contributed by atoms with van der Waals surface area (Å²) >= 11 is 0. The van der Waals surface area contributed by atoms with Gasteiger partial charge in [-0.2, -0.15) is 0 Å². The molecule has 0 aromatic carbocycles. The Balaban J connectivity index is 1.68. The van der Waals surface area contributed by atoms with E-state index in [2.05, 4.69) is 5.92 Å². The Kier molecular flexibility index (Phi) is 24.2. The highest BCUT2D eigenvalue weighted by Gasteiger charge is 2.32. The Morgan fingerprint density at radius 2 is 0.850 bits per heavy atom. The molecule has 40 heavy (non-hydrogen) atoms. The molecule has 0 bridgehead atoms. The summed E-state index contributed by atoms with van der Waals surface area (Å²) < 4.78 is 48.1. The van der Waals surface area contributed by atoms with Crippen LogP contribution in [0.5, 0.6) is 0 Å². The highest BCUT2D eigenvalue weighted by atomic mass is 16.7. The second kappa shape index (κ2) is 27.0. The van der Waals surface area contributed by atoms with Gasteiger partial charge in [-0.1, -0.05) is 5.92 Å².